The fourth-order valence-corrected chi connectivity index (χ4v) is 2.85. The second-order valence-electron chi connectivity index (χ2n) is 5.50. The van der Waals surface area contributed by atoms with Crippen LogP contribution in [0.1, 0.15) is 0 Å². The molecular formula is C20H13N3O4. The number of pyridine rings is 1. The van der Waals surface area contributed by atoms with Gasteiger partial charge in [-0.25, -0.2) is 4.98 Å². The molecule has 4 rings (SSSR count). The smallest absolute Gasteiger partial charge is 0.349 e. The average molecular weight is 359 g/mol. The molecule has 0 amide bonds. The van der Waals surface area contributed by atoms with Crippen molar-refractivity contribution in [3.63, 3.8) is 0 Å². The Labute approximate surface area is 153 Å². The molecule has 0 radical (unpaired) electrons. The number of para-hydroxylation sites is 4. The summed E-state index contributed by atoms with van der Waals surface area (Å²) in [5.74, 6) is 0. The summed E-state index contributed by atoms with van der Waals surface area (Å²) in [7, 11) is 0. The van der Waals surface area contributed by atoms with Crippen molar-refractivity contribution in [2.24, 2.45) is 0 Å². The van der Waals surface area contributed by atoms with E-state index in [1.54, 1.807) is 18.2 Å². The van der Waals surface area contributed by atoms with Crippen molar-refractivity contribution in [2.45, 2.75) is 0 Å². The van der Waals surface area contributed by atoms with E-state index in [1.165, 1.54) is 6.07 Å². The van der Waals surface area contributed by atoms with E-state index in [0.717, 1.165) is 27.5 Å². The van der Waals surface area contributed by atoms with Gasteiger partial charge in [0, 0.05) is 16.8 Å². The molecule has 1 aromatic heterocycles. The molecule has 27 heavy (non-hydrogen) atoms. The third kappa shape index (κ3) is 3.63. The Morgan fingerprint density at radius 1 is 0.815 bits per heavy atom. The van der Waals surface area contributed by atoms with Gasteiger partial charge in [-0.05, 0) is 18.2 Å². The lowest BCUT2D eigenvalue weighted by molar-refractivity contribution is -0.383. The molecule has 7 nitrogen and oxygen atoms in total. The molecule has 0 aliphatic carbocycles. The summed E-state index contributed by atoms with van der Waals surface area (Å²) in [6.45, 7) is 0. The number of nitrogens with zero attached hydrogens (tertiary/aromatic N) is 2. The Hall–Kier alpha value is -4.09. The third-order valence-corrected chi connectivity index (χ3v) is 3.95. The lowest BCUT2D eigenvalue weighted by Crippen LogP contribution is -1.99. The van der Waals surface area contributed by atoms with Crippen LogP contribution in [0.3, 0.4) is 0 Å². The van der Waals surface area contributed by atoms with E-state index in [4.69, 9.17) is 9.59 Å². The number of rotatable bonds is 3. The zero-order valence-electron chi connectivity index (χ0n) is 14.0. The number of nitro benzene ring substituents is 1. The minimum Gasteiger partial charge on any atom is -0.349 e. The van der Waals surface area contributed by atoms with Crippen LogP contribution in [0.2, 0.25) is 0 Å². The normalized spacial score (nSPS) is 9.93. The Kier molecular flexibility index (Phi) is 5.16. The summed E-state index contributed by atoms with van der Waals surface area (Å²) in [4.78, 5) is 31.8. The molecule has 0 saturated heterocycles. The second-order valence-corrected chi connectivity index (χ2v) is 5.50. The molecule has 0 spiro atoms. The predicted octanol–water partition coefficient (Wildman–Crippen LogP) is 4.46. The molecule has 7 heteroatoms. The van der Waals surface area contributed by atoms with Gasteiger partial charge in [-0.2, -0.15) is 9.59 Å². The summed E-state index contributed by atoms with van der Waals surface area (Å²) in [6, 6.07) is 22.2. The van der Waals surface area contributed by atoms with Crippen molar-refractivity contribution in [1.82, 2.24) is 4.98 Å². The molecule has 1 heterocycles. The van der Waals surface area contributed by atoms with Crippen LogP contribution in [-0.2, 0) is 9.59 Å². The molecule has 3 aromatic carbocycles. The first kappa shape index (κ1) is 17.7. The molecule has 1 N–H and O–H groups in total. The highest BCUT2D eigenvalue weighted by Crippen LogP contribution is 2.35. The van der Waals surface area contributed by atoms with Crippen LogP contribution < -0.4 is 5.32 Å². The van der Waals surface area contributed by atoms with Crippen LogP contribution in [0.25, 0.3) is 21.8 Å². The maximum atomic E-state index is 11.3. The van der Waals surface area contributed by atoms with E-state index in [2.05, 4.69) is 10.3 Å². The summed E-state index contributed by atoms with van der Waals surface area (Å²) < 4.78 is 0. The monoisotopic (exact) mass is 359 g/mol. The highest BCUT2D eigenvalue weighted by Gasteiger charge is 2.15. The molecule has 0 bridgehead atoms. The fraction of sp³-hybridized carbons (Fsp3) is 0. The van der Waals surface area contributed by atoms with Crippen LogP contribution in [0.5, 0.6) is 0 Å². The van der Waals surface area contributed by atoms with Gasteiger partial charge in [-0.3, -0.25) is 10.1 Å². The van der Waals surface area contributed by atoms with Crippen LogP contribution in [0.15, 0.2) is 72.8 Å². The van der Waals surface area contributed by atoms with Gasteiger partial charge in [0.05, 0.1) is 21.6 Å². The lowest BCUT2D eigenvalue weighted by Gasteiger charge is -2.13. The van der Waals surface area contributed by atoms with Crippen molar-refractivity contribution >= 4 is 45.0 Å². The number of fused-ring (bicyclic) bond motifs is 2. The first-order valence-corrected chi connectivity index (χ1v) is 7.93. The highest BCUT2D eigenvalue weighted by atomic mass is 16.6. The van der Waals surface area contributed by atoms with Gasteiger partial charge in [-0.15, -0.1) is 0 Å². The number of benzene rings is 3. The second kappa shape index (κ2) is 7.86. The number of nitrogens with one attached hydrogen (secondary N) is 1. The maximum Gasteiger partial charge on any atom is 0.373 e. The van der Waals surface area contributed by atoms with Gasteiger partial charge in [-0.1, -0.05) is 48.5 Å². The number of hydrogen-bond donors (Lipinski definition) is 1. The Morgan fingerprint density at radius 3 is 1.85 bits per heavy atom. The Morgan fingerprint density at radius 2 is 1.30 bits per heavy atom. The molecule has 0 saturated carbocycles. The molecule has 0 unspecified atom stereocenters. The minimum atomic E-state index is -0.381. The molecule has 0 fully saturated rings. The van der Waals surface area contributed by atoms with Crippen molar-refractivity contribution < 1.29 is 14.5 Å². The molecule has 0 aliphatic rings. The first-order chi connectivity index (χ1) is 13.2. The van der Waals surface area contributed by atoms with Crippen LogP contribution in [-0.4, -0.2) is 16.1 Å². The van der Waals surface area contributed by atoms with Crippen molar-refractivity contribution in [2.75, 3.05) is 5.32 Å². The number of anilines is 2. The van der Waals surface area contributed by atoms with Gasteiger partial charge >= 0.3 is 6.15 Å². The summed E-state index contributed by atoms with van der Waals surface area (Å²) >= 11 is 0. The van der Waals surface area contributed by atoms with Gasteiger partial charge in [0.25, 0.3) is 5.69 Å². The lowest BCUT2D eigenvalue weighted by atomic mass is 10.1. The number of hydrogen-bond acceptors (Lipinski definition) is 6. The fourth-order valence-electron chi connectivity index (χ4n) is 2.85. The number of carbonyl (C=O) groups excluding carboxylic acids is 2. The van der Waals surface area contributed by atoms with E-state index in [0.29, 0.717) is 5.69 Å². The topological polar surface area (TPSA) is 102 Å². The van der Waals surface area contributed by atoms with E-state index in [1.807, 2.05) is 48.5 Å². The van der Waals surface area contributed by atoms with E-state index in [9.17, 15) is 10.1 Å². The van der Waals surface area contributed by atoms with Gasteiger partial charge in [0.2, 0.25) is 0 Å². The zero-order chi connectivity index (χ0) is 19.2. The molecule has 0 aliphatic heterocycles. The molecule has 4 aromatic rings. The maximum absolute atomic E-state index is 11.3. The minimum absolute atomic E-state index is 0.0440. The third-order valence-electron chi connectivity index (χ3n) is 3.95. The summed E-state index contributed by atoms with van der Waals surface area (Å²) in [5, 5.41) is 16.4. The van der Waals surface area contributed by atoms with Crippen molar-refractivity contribution in [1.29, 1.82) is 0 Å². The van der Waals surface area contributed by atoms with Crippen LogP contribution in [0, 0.1) is 10.1 Å². The van der Waals surface area contributed by atoms with E-state index >= 15 is 0 Å². The van der Waals surface area contributed by atoms with Crippen LogP contribution >= 0.6 is 0 Å². The SMILES string of the molecule is O=C=O.O=[N+]([O-])c1ccccc1Nc1c2ccccc2nc2ccccc12. The number of nitro groups is 1. The molecule has 132 valence electrons. The largest absolute Gasteiger partial charge is 0.373 e. The molecular weight excluding hydrogens is 346 g/mol. The predicted molar refractivity (Wildman–Crippen MR) is 101 cm³/mol. The zero-order valence-corrected chi connectivity index (χ0v) is 14.0. The van der Waals surface area contributed by atoms with Gasteiger partial charge < -0.3 is 5.32 Å². The van der Waals surface area contributed by atoms with E-state index < -0.39 is 0 Å². The standard InChI is InChI=1S/C19H13N3O2.CO2/c23-22(24)18-12-6-5-11-17(18)21-19-13-7-1-3-9-15(13)20-16-10-4-2-8-14(16)19;2-1-3/h1-12H,(H,20,21);. The molecule has 0 atom stereocenters. The highest BCUT2D eigenvalue weighted by molar-refractivity contribution is 6.08. The quantitative estimate of drug-likeness (QED) is 0.329. The van der Waals surface area contributed by atoms with E-state index in [-0.39, 0.29) is 16.8 Å². The summed E-state index contributed by atoms with van der Waals surface area (Å²) in [6.07, 6.45) is 0.250. The Bertz CT molecular complexity index is 1110. The number of aromatic nitrogens is 1. The average Bonchev–Trinajstić information content (AvgIpc) is 2.68. The Balaban J connectivity index is 0.000000659. The van der Waals surface area contributed by atoms with Crippen LogP contribution in [0.4, 0.5) is 17.1 Å². The summed E-state index contributed by atoms with van der Waals surface area (Å²) in [5.41, 5.74) is 3.02. The first-order valence-electron chi connectivity index (χ1n) is 7.93. The van der Waals surface area contributed by atoms with Crippen molar-refractivity contribution in [3.05, 3.63) is 82.9 Å². The van der Waals surface area contributed by atoms with Gasteiger partial charge in [0.15, 0.2) is 0 Å². The van der Waals surface area contributed by atoms with Crippen molar-refractivity contribution in [3.8, 4) is 0 Å². The van der Waals surface area contributed by atoms with Gasteiger partial charge in [0.1, 0.15) is 5.69 Å².